The highest BCUT2D eigenvalue weighted by molar-refractivity contribution is 8.01. The summed E-state index contributed by atoms with van der Waals surface area (Å²) in [6, 6.07) is 0. The number of sulfonamides is 1. The standard InChI is InChI=1S/C14H25NO4S2/c1-2-21(16,17)15-10-14(11-15)7-13(9-20-14)19-8-12-3-5-18-6-4-12/h12-13H,2-11H2,1H3/t13-/m1/s1. The molecule has 0 N–H and O–H groups in total. The van der Waals surface area contributed by atoms with Gasteiger partial charge in [-0.15, -0.1) is 11.8 Å². The van der Waals surface area contributed by atoms with Gasteiger partial charge in [-0.1, -0.05) is 0 Å². The van der Waals surface area contributed by atoms with E-state index in [9.17, 15) is 8.42 Å². The van der Waals surface area contributed by atoms with Crippen LogP contribution in [-0.2, 0) is 19.5 Å². The monoisotopic (exact) mass is 335 g/mol. The van der Waals surface area contributed by atoms with Crippen LogP contribution in [0.2, 0.25) is 0 Å². The van der Waals surface area contributed by atoms with Gasteiger partial charge in [0.25, 0.3) is 0 Å². The van der Waals surface area contributed by atoms with E-state index in [1.54, 1.807) is 11.2 Å². The van der Waals surface area contributed by atoms with Crippen LogP contribution in [0, 0.1) is 5.92 Å². The summed E-state index contributed by atoms with van der Waals surface area (Å²) in [6.45, 7) is 5.61. The third-order valence-electron chi connectivity index (χ3n) is 4.77. The molecule has 1 spiro atoms. The first-order valence-corrected chi connectivity index (χ1v) is 10.4. The van der Waals surface area contributed by atoms with E-state index in [4.69, 9.17) is 9.47 Å². The maximum absolute atomic E-state index is 11.8. The topological polar surface area (TPSA) is 55.8 Å². The van der Waals surface area contributed by atoms with Crippen molar-refractivity contribution in [3.05, 3.63) is 0 Å². The summed E-state index contributed by atoms with van der Waals surface area (Å²) in [6.07, 6.45) is 3.50. The zero-order valence-electron chi connectivity index (χ0n) is 12.6. The predicted molar refractivity (Wildman–Crippen MR) is 84.1 cm³/mol. The van der Waals surface area contributed by atoms with Crippen molar-refractivity contribution in [1.29, 1.82) is 0 Å². The zero-order chi connectivity index (χ0) is 14.9. The second-order valence-electron chi connectivity index (χ2n) is 6.38. The summed E-state index contributed by atoms with van der Waals surface area (Å²) in [5, 5.41) is 0. The van der Waals surface area contributed by atoms with Crippen LogP contribution in [0.4, 0.5) is 0 Å². The van der Waals surface area contributed by atoms with Crippen LogP contribution in [0.3, 0.4) is 0 Å². The van der Waals surface area contributed by atoms with Gasteiger partial charge in [-0.3, -0.25) is 0 Å². The molecule has 0 amide bonds. The fourth-order valence-corrected chi connectivity index (χ4v) is 6.26. The summed E-state index contributed by atoms with van der Waals surface area (Å²) in [7, 11) is -3.01. The number of hydrogen-bond acceptors (Lipinski definition) is 5. The van der Waals surface area contributed by atoms with Crippen molar-refractivity contribution in [2.75, 3.05) is 44.4 Å². The van der Waals surface area contributed by atoms with E-state index in [2.05, 4.69) is 0 Å². The van der Waals surface area contributed by atoms with Gasteiger partial charge in [-0.2, -0.15) is 4.31 Å². The molecule has 0 saturated carbocycles. The van der Waals surface area contributed by atoms with Gasteiger partial charge >= 0.3 is 0 Å². The first-order chi connectivity index (χ1) is 10.0. The molecule has 7 heteroatoms. The summed E-state index contributed by atoms with van der Waals surface area (Å²) in [4.78, 5) is 0. The molecule has 122 valence electrons. The van der Waals surface area contributed by atoms with Gasteiger partial charge < -0.3 is 9.47 Å². The van der Waals surface area contributed by atoms with Gasteiger partial charge in [0.2, 0.25) is 10.0 Å². The molecule has 0 aromatic carbocycles. The molecular formula is C14H25NO4S2. The minimum absolute atomic E-state index is 0.128. The van der Waals surface area contributed by atoms with Gasteiger partial charge in [0, 0.05) is 43.4 Å². The lowest BCUT2D eigenvalue weighted by Gasteiger charge is -2.46. The fourth-order valence-electron chi connectivity index (χ4n) is 3.29. The molecule has 3 fully saturated rings. The average molecular weight is 335 g/mol. The lowest BCUT2D eigenvalue weighted by Crippen LogP contribution is -2.60. The summed E-state index contributed by atoms with van der Waals surface area (Å²) in [5.41, 5.74) is 0. The SMILES string of the molecule is CCS(=O)(=O)N1CC2(C[C@@H](OCC3CCOCC3)CS2)C1. The second-order valence-corrected chi connectivity index (χ2v) is 10.1. The Morgan fingerprint density at radius 1 is 1.33 bits per heavy atom. The molecule has 0 unspecified atom stereocenters. The van der Waals surface area contributed by atoms with E-state index < -0.39 is 10.0 Å². The Balaban J connectivity index is 1.42. The van der Waals surface area contributed by atoms with Crippen molar-refractivity contribution in [3.8, 4) is 0 Å². The van der Waals surface area contributed by atoms with Crippen LogP contribution in [0.25, 0.3) is 0 Å². The van der Waals surface area contributed by atoms with Crippen molar-refractivity contribution in [2.45, 2.75) is 37.0 Å². The Morgan fingerprint density at radius 3 is 2.71 bits per heavy atom. The molecule has 5 nitrogen and oxygen atoms in total. The fraction of sp³-hybridized carbons (Fsp3) is 1.00. The van der Waals surface area contributed by atoms with E-state index in [1.807, 2.05) is 11.8 Å². The summed E-state index contributed by atoms with van der Waals surface area (Å²) < 4.78 is 36.8. The lowest BCUT2D eigenvalue weighted by atomic mass is 9.95. The number of hydrogen-bond donors (Lipinski definition) is 0. The van der Waals surface area contributed by atoms with Crippen molar-refractivity contribution in [3.63, 3.8) is 0 Å². The Bertz CT molecular complexity index is 456. The van der Waals surface area contributed by atoms with Gasteiger partial charge in [0.15, 0.2) is 0 Å². The first-order valence-electron chi connectivity index (χ1n) is 7.84. The van der Waals surface area contributed by atoms with Crippen molar-refractivity contribution < 1.29 is 17.9 Å². The minimum Gasteiger partial charge on any atom is -0.381 e. The molecule has 3 aliphatic rings. The third kappa shape index (κ3) is 3.58. The van der Waals surface area contributed by atoms with Crippen molar-refractivity contribution in [2.24, 2.45) is 5.92 Å². The van der Waals surface area contributed by atoms with Crippen LogP contribution in [-0.4, -0.2) is 68.0 Å². The molecule has 0 bridgehead atoms. The molecule has 3 saturated heterocycles. The lowest BCUT2D eigenvalue weighted by molar-refractivity contribution is -0.00923. The molecule has 3 heterocycles. The quantitative estimate of drug-likeness (QED) is 0.759. The van der Waals surface area contributed by atoms with Crippen LogP contribution in [0.5, 0.6) is 0 Å². The predicted octanol–water partition coefficient (Wildman–Crippen LogP) is 1.34. The van der Waals surface area contributed by atoms with E-state index in [0.717, 1.165) is 44.8 Å². The molecule has 0 aromatic heterocycles. The van der Waals surface area contributed by atoms with Crippen LogP contribution in [0.15, 0.2) is 0 Å². The molecule has 0 aliphatic carbocycles. The van der Waals surface area contributed by atoms with Crippen LogP contribution in [0.1, 0.15) is 26.2 Å². The number of rotatable bonds is 5. The Hall–Kier alpha value is 0.180. The number of ether oxygens (including phenoxy) is 2. The van der Waals surface area contributed by atoms with E-state index in [0.29, 0.717) is 25.1 Å². The molecule has 3 aliphatic heterocycles. The number of nitrogens with zero attached hydrogens (tertiary/aromatic N) is 1. The Morgan fingerprint density at radius 2 is 2.05 bits per heavy atom. The van der Waals surface area contributed by atoms with Crippen molar-refractivity contribution >= 4 is 21.8 Å². The highest BCUT2D eigenvalue weighted by atomic mass is 32.2. The normalized spacial score (nSPS) is 30.6. The smallest absolute Gasteiger partial charge is 0.213 e. The zero-order valence-corrected chi connectivity index (χ0v) is 14.3. The molecule has 3 rings (SSSR count). The largest absolute Gasteiger partial charge is 0.381 e. The van der Waals surface area contributed by atoms with Crippen LogP contribution < -0.4 is 0 Å². The van der Waals surface area contributed by atoms with Gasteiger partial charge in [-0.25, -0.2) is 8.42 Å². The molecule has 0 radical (unpaired) electrons. The Labute approximate surface area is 131 Å². The third-order valence-corrected chi connectivity index (χ3v) is 8.12. The highest BCUT2D eigenvalue weighted by Gasteiger charge is 2.52. The van der Waals surface area contributed by atoms with E-state index in [-0.39, 0.29) is 10.5 Å². The maximum Gasteiger partial charge on any atom is 0.213 e. The molecule has 1 atom stereocenters. The Kier molecular flexibility index (Phi) is 4.86. The summed E-state index contributed by atoms with van der Waals surface area (Å²) in [5.74, 6) is 1.85. The minimum atomic E-state index is -3.01. The number of thioether (sulfide) groups is 1. The first kappa shape index (κ1) is 16.1. The molecule has 21 heavy (non-hydrogen) atoms. The molecular weight excluding hydrogens is 310 g/mol. The van der Waals surface area contributed by atoms with Crippen LogP contribution >= 0.6 is 11.8 Å². The molecule has 0 aromatic rings. The van der Waals surface area contributed by atoms with Gasteiger partial charge in [0.1, 0.15) is 0 Å². The summed E-state index contributed by atoms with van der Waals surface area (Å²) >= 11 is 1.90. The van der Waals surface area contributed by atoms with Gasteiger partial charge in [0.05, 0.1) is 11.9 Å². The highest BCUT2D eigenvalue weighted by Crippen LogP contribution is 2.47. The maximum atomic E-state index is 11.8. The van der Waals surface area contributed by atoms with Crippen molar-refractivity contribution in [1.82, 2.24) is 4.31 Å². The second kappa shape index (κ2) is 6.35. The van der Waals surface area contributed by atoms with E-state index >= 15 is 0 Å². The average Bonchev–Trinajstić information content (AvgIpc) is 2.89. The van der Waals surface area contributed by atoms with Gasteiger partial charge in [-0.05, 0) is 32.1 Å². The van der Waals surface area contributed by atoms with E-state index in [1.165, 1.54) is 0 Å².